The molecule has 0 unspecified atom stereocenters. The quantitative estimate of drug-likeness (QED) is 0.756. The van der Waals surface area contributed by atoms with Gasteiger partial charge in [0.15, 0.2) is 0 Å². The van der Waals surface area contributed by atoms with Gasteiger partial charge in [0.2, 0.25) is 11.8 Å². The zero-order valence-electron chi connectivity index (χ0n) is 10.1. The standard InChI is InChI=1S/C11H19N5O/c1-16(8-6-4-2-3-5-7-8)10(17)9-13-11(12)15-14-9/h8H,2-7H2,1H3,(H3,12,13,14,15). The fraction of sp³-hybridized carbons (Fsp3) is 0.727. The van der Waals surface area contributed by atoms with Crippen molar-refractivity contribution in [2.24, 2.45) is 0 Å². The number of carbonyl (C=O) groups is 1. The molecule has 0 saturated heterocycles. The van der Waals surface area contributed by atoms with Crippen LogP contribution in [-0.4, -0.2) is 39.1 Å². The van der Waals surface area contributed by atoms with Crippen molar-refractivity contribution in [3.8, 4) is 0 Å². The molecule has 2 rings (SSSR count). The maximum Gasteiger partial charge on any atom is 0.291 e. The minimum absolute atomic E-state index is 0.114. The molecule has 0 bridgehead atoms. The zero-order valence-corrected chi connectivity index (χ0v) is 10.1. The predicted octanol–water partition coefficient (Wildman–Crippen LogP) is 1.18. The third-order valence-corrected chi connectivity index (χ3v) is 3.40. The predicted molar refractivity (Wildman–Crippen MR) is 64.4 cm³/mol. The normalized spacial score (nSPS) is 17.7. The number of carbonyl (C=O) groups excluding carboxylic acids is 1. The minimum Gasteiger partial charge on any atom is -0.366 e. The summed E-state index contributed by atoms with van der Waals surface area (Å²) in [6.07, 6.45) is 7.08. The van der Waals surface area contributed by atoms with E-state index in [-0.39, 0.29) is 17.7 Å². The Balaban J connectivity index is 2.03. The number of rotatable bonds is 2. The van der Waals surface area contributed by atoms with Crippen LogP contribution in [0.1, 0.15) is 49.1 Å². The van der Waals surface area contributed by atoms with E-state index in [0.29, 0.717) is 6.04 Å². The Bertz CT molecular complexity index is 381. The summed E-state index contributed by atoms with van der Waals surface area (Å²) in [6, 6.07) is 0.316. The summed E-state index contributed by atoms with van der Waals surface area (Å²) in [5.41, 5.74) is 5.40. The van der Waals surface area contributed by atoms with Gasteiger partial charge in [-0.25, -0.2) is 0 Å². The highest BCUT2D eigenvalue weighted by Crippen LogP contribution is 2.21. The zero-order chi connectivity index (χ0) is 12.3. The lowest BCUT2D eigenvalue weighted by molar-refractivity contribution is 0.0706. The van der Waals surface area contributed by atoms with E-state index in [9.17, 15) is 4.79 Å². The van der Waals surface area contributed by atoms with Crippen molar-refractivity contribution in [3.63, 3.8) is 0 Å². The van der Waals surface area contributed by atoms with Crippen molar-refractivity contribution in [3.05, 3.63) is 5.82 Å². The van der Waals surface area contributed by atoms with Crippen LogP contribution in [0.3, 0.4) is 0 Å². The molecular formula is C11H19N5O. The Morgan fingerprint density at radius 1 is 1.35 bits per heavy atom. The van der Waals surface area contributed by atoms with Gasteiger partial charge in [-0.05, 0) is 12.8 Å². The molecule has 1 heterocycles. The maximum atomic E-state index is 12.1. The van der Waals surface area contributed by atoms with Crippen LogP contribution >= 0.6 is 0 Å². The van der Waals surface area contributed by atoms with Gasteiger partial charge >= 0.3 is 0 Å². The molecule has 17 heavy (non-hydrogen) atoms. The molecule has 0 aromatic carbocycles. The van der Waals surface area contributed by atoms with Gasteiger partial charge in [0.1, 0.15) is 0 Å². The average Bonchev–Trinajstić information content (AvgIpc) is 2.60. The highest BCUT2D eigenvalue weighted by molar-refractivity contribution is 5.90. The van der Waals surface area contributed by atoms with Crippen molar-refractivity contribution in [2.75, 3.05) is 12.8 Å². The van der Waals surface area contributed by atoms with Crippen LogP contribution < -0.4 is 5.73 Å². The summed E-state index contributed by atoms with van der Waals surface area (Å²) in [5, 5.41) is 6.24. The second-order valence-corrected chi connectivity index (χ2v) is 4.60. The van der Waals surface area contributed by atoms with Gasteiger partial charge in [0, 0.05) is 13.1 Å². The van der Waals surface area contributed by atoms with Crippen molar-refractivity contribution in [2.45, 2.75) is 44.6 Å². The molecular weight excluding hydrogens is 218 g/mol. The Labute approximate surface area is 101 Å². The molecule has 1 amide bonds. The van der Waals surface area contributed by atoms with E-state index in [1.807, 2.05) is 7.05 Å². The molecule has 0 spiro atoms. The molecule has 1 aromatic heterocycles. The van der Waals surface area contributed by atoms with Gasteiger partial charge in [0.25, 0.3) is 5.91 Å². The van der Waals surface area contributed by atoms with Crippen molar-refractivity contribution in [1.82, 2.24) is 20.1 Å². The fourth-order valence-corrected chi connectivity index (χ4v) is 2.35. The van der Waals surface area contributed by atoms with Gasteiger partial charge in [-0.15, -0.1) is 5.10 Å². The second kappa shape index (κ2) is 5.16. The number of H-pyrrole nitrogens is 1. The largest absolute Gasteiger partial charge is 0.366 e. The van der Waals surface area contributed by atoms with E-state index in [1.54, 1.807) is 4.90 Å². The number of hydrogen-bond donors (Lipinski definition) is 2. The topological polar surface area (TPSA) is 87.9 Å². The average molecular weight is 237 g/mol. The molecule has 1 aliphatic carbocycles. The van der Waals surface area contributed by atoms with Crippen LogP contribution in [0.5, 0.6) is 0 Å². The summed E-state index contributed by atoms with van der Waals surface area (Å²) in [6.45, 7) is 0. The van der Waals surface area contributed by atoms with Crippen LogP contribution in [0.25, 0.3) is 0 Å². The van der Waals surface area contributed by atoms with Crippen LogP contribution in [0, 0.1) is 0 Å². The first-order chi connectivity index (χ1) is 8.18. The number of hydrogen-bond acceptors (Lipinski definition) is 4. The third-order valence-electron chi connectivity index (χ3n) is 3.40. The summed E-state index contributed by atoms with van der Waals surface area (Å²) in [7, 11) is 1.83. The number of aromatic amines is 1. The Hall–Kier alpha value is -1.59. The molecule has 1 saturated carbocycles. The first-order valence-electron chi connectivity index (χ1n) is 6.13. The van der Waals surface area contributed by atoms with E-state index in [0.717, 1.165) is 12.8 Å². The lowest BCUT2D eigenvalue weighted by Gasteiger charge is -2.26. The first kappa shape index (κ1) is 11.9. The van der Waals surface area contributed by atoms with Gasteiger partial charge in [-0.1, -0.05) is 25.7 Å². The van der Waals surface area contributed by atoms with Crippen molar-refractivity contribution >= 4 is 11.9 Å². The molecule has 0 aliphatic heterocycles. The summed E-state index contributed by atoms with van der Waals surface area (Å²) in [5.74, 6) is 0.220. The summed E-state index contributed by atoms with van der Waals surface area (Å²) >= 11 is 0. The Morgan fingerprint density at radius 2 is 2.00 bits per heavy atom. The molecule has 1 fully saturated rings. The number of anilines is 1. The molecule has 6 nitrogen and oxygen atoms in total. The number of aromatic nitrogens is 3. The number of nitrogens with one attached hydrogen (secondary N) is 1. The SMILES string of the molecule is CN(C(=O)c1nc(N)n[nH]1)C1CCCCCC1. The molecule has 3 N–H and O–H groups in total. The lowest BCUT2D eigenvalue weighted by atomic mass is 10.1. The van der Waals surface area contributed by atoms with Crippen molar-refractivity contribution in [1.29, 1.82) is 0 Å². The highest BCUT2D eigenvalue weighted by Gasteiger charge is 2.24. The second-order valence-electron chi connectivity index (χ2n) is 4.60. The third kappa shape index (κ3) is 2.75. The van der Waals surface area contributed by atoms with Gasteiger partial charge in [-0.3, -0.25) is 9.89 Å². The molecule has 1 aliphatic rings. The fourth-order valence-electron chi connectivity index (χ4n) is 2.35. The lowest BCUT2D eigenvalue weighted by Crippen LogP contribution is -2.37. The number of nitrogens with zero attached hydrogens (tertiary/aromatic N) is 3. The van der Waals surface area contributed by atoms with Crippen molar-refractivity contribution < 1.29 is 4.79 Å². The summed E-state index contributed by atoms with van der Waals surface area (Å²) in [4.78, 5) is 17.7. The van der Waals surface area contributed by atoms with E-state index < -0.39 is 0 Å². The highest BCUT2D eigenvalue weighted by atomic mass is 16.2. The van der Waals surface area contributed by atoms with Gasteiger partial charge in [-0.2, -0.15) is 4.98 Å². The smallest absolute Gasteiger partial charge is 0.291 e. The Morgan fingerprint density at radius 3 is 2.53 bits per heavy atom. The molecule has 94 valence electrons. The monoisotopic (exact) mass is 237 g/mol. The minimum atomic E-state index is -0.124. The first-order valence-corrected chi connectivity index (χ1v) is 6.13. The van der Waals surface area contributed by atoms with Crippen LogP contribution in [0.15, 0.2) is 0 Å². The maximum absolute atomic E-state index is 12.1. The van der Waals surface area contributed by atoms with E-state index in [2.05, 4.69) is 15.2 Å². The number of amides is 1. The summed E-state index contributed by atoms with van der Waals surface area (Å²) < 4.78 is 0. The van der Waals surface area contributed by atoms with E-state index in [4.69, 9.17) is 5.73 Å². The van der Waals surface area contributed by atoms with Crippen LogP contribution in [0.4, 0.5) is 5.95 Å². The molecule has 6 heteroatoms. The molecule has 0 radical (unpaired) electrons. The van der Waals surface area contributed by atoms with E-state index in [1.165, 1.54) is 25.7 Å². The van der Waals surface area contributed by atoms with Crippen LogP contribution in [-0.2, 0) is 0 Å². The van der Waals surface area contributed by atoms with Gasteiger partial charge < -0.3 is 10.6 Å². The molecule has 1 aromatic rings. The van der Waals surface area contributed by atoms with Gasteiger partial charge in [0.05, 0.1) is 0 Å². The number of nitrogens with two attached hydrogens (primary N) is 1. The Kier molecular flexibility index (Phi) is 3.61. The van der Waals surface area contributed by atoms with E-state index >= 15 is 0 Å². The molecule has 0 atom stereocenters. The number of nitrogen functional groups attached to an aromatic ring is 1. The van der Waals surface area contributed by atoms with Crippen LogP contribution in [0.2, 0.25) is 0 Å².